The van der Waals surface area contributed by atoms with Gasteiger partial charge in [-0.15, -0.1) is 34.9 Å². The van der Waals surface area contributed by atoms with Crippen LogP contribution in [0.5, 0.6) is 0 Å². The van der Waals surface area contributed by atoms with E-state index in [1.165, 1.54) is 36.0 Å². The minimum atomic E-state index is -1.45. The van der Waals surface area contributed by atoms with E-state index in [2.05, 4.69) is 25.4 Å². The van der Waals surface area contributed by atoms with Gasteiger partial charge in [0.1, 0.15) is 24.2 Å². The number of rotatable bonds is 8. The van der Waals surface area contributed by atoms with Gasteiger partial charge >= 0.3 is 29.6 Å². The summed E-state index contributed by atoms with van der Waals surface area (Å²) in [4.78, 5) is 56.1. The van der Waals surface area contributed by atoms with Gasteiger partial charge in [0.15, 0.2) is 16.5 Å². The molecule has 13 nitrogen and oxygen atoms in total. The maximum atomic E-state index is 13.0. The first-order chi connectivity index (χ1) is 17.4. The Morgan fingerprint density at radius 1 is 1.41 bits per heavy atom. The van der Waals surface area contributed by atoms with E-state index >= 15 is 0 Å². The number of carboxylic acid groups (broad SMARTS) is 1. The number of imidazole rings is 1. The van der Waals surface area contributed by atoms with Gasteiger partial charge < -0.3 is 25.8 Å². The summed E-state index contributed by atoms with van der Waals surface area (Å²) in [5.41, 5.74) is 6.73. The first kappa shape index (κ1) is 27.4. The second-order valence-electron chi connectivity index (χ2n) is 7.48. The number of anilines is 1. The van der Waals surface area contributed by atoms with Crippen molar-refractivity contribution in [3.05, 3.63) is 47.1 Å². The Morgan fingerprint density at radius 2 is 2.22 bits per heavy atom. The van der Waals surface area contributed by atoms with Crippen LogP contribution in [0.3, 0.4) is 0 Å². The number of thiazole rings is 1. The number of thioether (sulfide) groups is 2. The summed E-state index contributed by atoms with van der Waals surface area (Å²) in [5.74, 6) is -2.06. The number of β-lactam (4-membered cyclic amide) rings is 1. The van der Waals surface area contributed by atoms with Gasteiger partial charge in [-0.25, -0.2) is 9.97 Å². The number of nitrogen functional groups attached to an aromatic ring is 1. The topological polar surface area (TPSA) is 180 Å². The van der Waals surface area contributed by atoms with Crippen LogP contribution in [-0.2, 0) is 19.2 Å². The molecule has 0 saturated carbocycles. The van der Waals surface area contributed by atoms with E-state index in [-0.39, 0.29) is 51.8 Å². The van der Waals surface area contributed by atoms with Crippen LogP contribution in [0.25, 0.3) is 5.65 Å². The van der Waals surface area contributed by atoms with Crippen LogP contribution >= 0.6 is 34.9 Å². The van der Waals surface area contributed by atoms with Gasteiger partial charge in [-0.3, -0.25) is 23.9 Å². The number of fused-ring (bicyclic) bond motifs is 2. The van der Waals surface area contributed by atoms with Gasteiger partial charge in [0.05, 0.1) is 29.1 Å². The van der Waals surface area contributed by atoms with Crippen LogP contribution in [0.2, 0.25) is 0 Å². The summed E-state index contributed by atoms with van der Waals surface area (Å²) in [6, 6.07) is -0.951. The zero-order valence-electron chi connectivity index (χ0n) is 19.5. The molecule has 5 rings (SSSR count). The number of nitrogens with two attached hydrogens (primary N) is 1. The molecule has 3 aromatic rings. The third kappa shape index (κ3) is 5.21. The molecule has 3 aromatic heterocycles. The van der Waals surface area contributed by atoms with Gasteiger partial charge in [0.25, 0.3) is 11.8 Å². The molecule has 1 fully saturated rings. The van der Waals surface area contributed by atoms with Crippen molar-refractivity contribution in [2.75, 3.05) is 24.3 Å². The number of carbonyl (C=O) groups excluding carboxylic acids is 3. The maximum Gasteiger partial charge on any atom is 1.00 e. The van der Waals surface area contributed by atoms with Crippen molar-refractivity contribution >= 4 is 69.1 Å². The minimum absolute atomic E-state index is 0. The van der Waals surface area contributed by atoms with Crippen molar-refractivity contribution in [1.29, 1.82) is 0 Å². The van der Waals surface area contributed by atoms with Crippen molar-refractivity contribution in [3.63, 3.8) is 0 Å². The number of hydrogen-bond donors (Lipinski definition) is 2. The molecule has 1 saturated heterocycles. The third-order valence-corrected chi connectivity index (χ3v) is 8.47. The Bertz CT molecular complexity index is 1440. The molecule has 2 aliphatic rings. The molecular weight excluding hydrogens is 551 g/mol. The SMILES string of the molecule is CO/N=C(\C(=O)N[C@@H]1C(=O)N2C(C(=O)[O-])=C(CSc3cncc4nccn34)CS[C@H]12)c1csc(N)n1.[Na+]. The van der Waals surface area contributed by atoms with Gasteiger partial charge in [-0.1, -0.05) is 5.16 Å². The molecule has 0 spiro atoms. The molecular formula is C20H17N8NaO5S3. The quantitative estimate of drug-likeness (QED) is 0.0898. The van der Waals surface area contributed by atoms with E-state index in [4.69, 9.17) is 10.6 Å². The van der Waals surface area contributed by atoms with E-state index < -0.39 is 29.2 Å². The van der Waals surface area contributed by atoms with Crippen LogP contribution in [0.4, 0.5) is 5.13 Å². The largest absolute Gasteiger partial charge is 1.00 e. The Balaban J connectivity index is 0.00000320. The minimum Gasteiger partial charge on any atom is -0.543 e. The van der Waals surface area contributed by atoms with Gasteiger partial charge in [-0.05, 0) is 5.57 Å². The summed E-state index contributed by atoms with van der Waals surface area (Å²) in [6.07, 6.45) is 6.71. The molecule has 0 radical (unpaired) electrons. The van der Waals surface area contributed by atoms with Gasteiger partial charge in [0, 0.05) is 29.3 Å². The monoisotopic (exact) mass is 568 g/mol. The van der Waals surface area contributed by atoms with Gasteiger partial charge in [0.2, 0.25) is 0 Å². The fraction of sp³-hybridized carbons (Fsp3) is 0.250. The number of carboxylic acids is 1. The van der Waals surface area contributed by atoms with Crippen LogP contribution in [0.15, 0.2) is 51.6 Å². The fourth-order valence-electron chi connectivity index (χ4n) is 3.78. The van der Waals surface area contributed by atoms with E-state index in [1.807, 2.05) is 4.40 Å². The van der Waals surface area contributed by atoms with Crippen molar-refractivity contribution in [2.45, 2.75) is 16.4 Å². The summed E-state index contributed by atoms with van der Waals surface area (Å²) in [6.45, 7) is 0. The van der Waals surface area contributed by atoms with E-state index in [0.29, 0.717) is 22.7 Å². The summed E-state index contributed by atoms with van der Waals surface area (Å²) in [5, 5.41) is 20.3. The number of aliphatic carboxylic acids is 1. The number of carbonyl (C=O) groups is 3. The number of amides is 2. The Hall–Kier alpha value is -2.63. The number of hydrogen-bond acceptors (Lipinski definition) is 13. The molecule has 0 bridgehead atoms. The summed E-state index contributed by atoms with van der Waals surface area (Å²) < 4.78 is 1.84. The van der Waals surface area contributed by atoms with Crippen LogP contribution in [-0.4, -0.2) is 77.8 Å². The standard InChI is InChI=1S/C20H18N8O5S3.Na/c1-33-26-13(10-8-36-20(21)24-10)16(29)25-14-17(30)28-15(19(31)32)9(7-35-18(14)28)6-34-12-5-22-4-11-23-2-3-27(11)12;/h2-5,8,14,18H,6-7H2,1H3,(H2,21,24)(H,25,29)(H,31,32);/q;+1/p-1/b26-13-;/t14-,18-;/m1./s1. The zero-order chi connectivity index (χ0) is 25.4. The summed E-state index contributed by atoms with van der Waals surface area (Å²) in [7, 11) is 1.27. The molecule has 186 valence electrons. The molecule has 0 aromatic carbocycles. The summed E-state index contributed by atoms with van der Waals surface area (Å²) >= 11 is 3.85. The average molecular weight is 569 g/mol. The Morgan fingerprint density at radius 3 is 2.92 bits per heavy atom. The van der Waals surface area contributed by atoms with Crippen molar-refractivity contribution in [2.24, 2.45) is 5.16 Å². The molecule has 2 atom stereocenters. The number of nitrogens with one attached hydrogen (secondary N) is 1. The van der Waals surface area contributed by atoms with Crippen LogP contribution in [0.1, 0.15) is 5.69 Å². The molecule has 2 amide bonds. The zero-order valence-corrected chi connectivity index (χ0v) is 23.9. The smallest absolute Gasteiger partial charge is 0.543 e. The van der Waals surface area contributed by atoms with E-state index in [1.54, 1.807) is 24.8 Å². The molecule has 0 unspecified atom stereocenters. The Labute approximate surface area is 244 Å². The molecule has 2 aliphatic heterocycles. The second-order valence-corrected chi connectivity index (χ2v) is 10.5. The second kappa shape index (κ2) is 11.4. The number of nitrogens with zero attached hydrogens (tertiary/aromatic N) is 6. The third-order valence-electron chi connectivity index (χ3n) is 5.37. The van der Waals surface area contributed by atoms with Crippen molar-refractivity contribution in [1.82, 2.24) is 29.6 Å². The molecule has 5 heterocycles. The first-order valence-electron chi connectivity index (χ1n) is 10.3. The molecule has 0 aliphatic carbocycles. The van der Waals surface area contributed by atoms with Crippen LogP contribution < -0.4 is 45.7 Å². The number of aromatic nitrogens is 4. The predicted octanol–water partition coefficient (Wildman–Crippen LogP) is -3.68. The predicted molar refractivity (Wildman–Crippen MR) is 131 cm³/mol. The molecule has 3 N–H and O–H groups in total. The van der Waals surface area contributed by atoms with Crippen LogP contribution in [0, 0.1) is 0 Å². The molecule has 17 heteroatoms. The average Bonchev–Trinajstić information content (AvgIpc) is 3.52. The first-order valence-corrected chi connectivity index (χ1v) is 13.2. The van der Waals surface area contributed by atoms with Gasteiger partial charge in [-0.2, -0.15) is 0 Å². The number of oxime groups is 1. The fourth-order valence-corrected chi connectivity index (χ4v) is 6.79. The van der Waals surface area contributed by atoms with E-state index in [0.717, 1.165) is 21.3 Å². The van der Waals surface area contributed by atoms with E-state index in [9.17, 15) is 19.5 Å². The molecule has 37 heavy (non-hydrogen) atoms. The normalized spacial score (nSPS) is 19.2. The Kier molecular flexibility index (Phi) is 8.45. The maximum absolute atomic E-state index is 13.0. The van der Waals surface area contributed by atoms with Crippen molar-refractivity contribution < 1.29 is 53.9 Å². The van der Waals surface area contributed by atoms with Crippen molar-refractivity contribution in [3.8, 4) is 0 Å².